The van der Waals surface area contributed by atoms with Crippen molar-refractivity contribution in [3.8, 4) is 0 Å². The highest BCUT2D eigenvalue weighted by atomic mass is 35.5. The number of anilines is 1. The van der Waals surface area contributed by atoms with Gasteiger partial charge < -0.3 is 10.2 Å². The number of nitro benzene ring substituents is 1. The fourth-order valence-corrected chi connectivity index (χ4v) is 4.31. The molecule has 2 unspecified atom stereocenters. The summed E-state index contributed by atoms with van der Waals surface area (Å²) < 4.78 is 25.9. The summed E-state index contributed by atoms with van der Waals surface area (Å²) in [6, 6.07) is 10.7. The molecule has 0 heterocycles. The number of nitrogens with zero attached hydrogens (tertiary/aromatic N) is 3. The van der Waals surface area contributed by atoms with Gasteiger partial charge in [-0.25, -0.2) is 8.42 Å². The topological polar surface area (TPSA) is 130 Å². The van der Waals surface area contributed by atoms with Crippen molar-refractivity contribution in [3.05, 3.63) is 69.2 Å². The summed E-state index contributed by atoms with van der Waals surface area (Å²) in [5.41, 5.74) is 0.297. The molecule has 0 saturated heterocycles. The molecular formula is C23H29ClN4O6S. The van der Waals surface area contributed by atoms with Crippen molar-refractivity contribution in [3.63, 3.8) is 0 Å². The Bertz CT molecular complexity index is 1190. The second-order valence-corrected chi connectivity index (χ2v) is 10.5. The van der Waals surface area contributed by atoms with E-state index >= 15 is 0 Å². The van der Waals surface area contributed by atoms with Gasteiger partial charge in [-0.15, -0.1) is 0 Å². The number of carbonyl (C=O) groups is 2. The van der Waals surface area contributed by atoms with E-state index in [4.69, 9.17) is 11.6 Å². The molecule has 0 aliphatic heterocycles. The lowest BCUT2D eigenvalue weighted by Crippen LogP contribution is -2.52. The first kappa shape index (κ1) is 28.1. The van der Waals surface area contributed by atoms with Gasteiger partial charge in [0.05, 0.1) is 16.9 Å². The number of hydrogen-bond donors (Lipinski definition) is 1. The average Bonchev–Trinajstić information content (AvgIpc) is 2.79. The average molecular weight is 525 g/mol. The van der Waals surface area contributed by atoms with Gasteiger partial charge in [0.2, 0.25) is 21.8 Å². The second-order valence-electron chi connectivity index (χ2n) is 8.19. The predicted octanol–water partition coefficient (Wildman–Crippen LogP) is 3.35. The van der Waals surface area contributed by atoms with Crippen LogP contribution in [0.15, 0.2) is 48.5 Å². The molecule has 190 valence electrons. The smallest absolute Gasteiger partial charge is 0.271 e. The van der Waals surface area contributed by atoms with Crippen molar-refractivity contribution in [2.75, 3.05) is 17.1 Å². The number of sulfonamides is 1. The van der Waals surface area contributed by atoms with Crippen LogP contribution in [0.5, 0.6) is 0 Å². The first-order valence-electron chi connectivity index (χ1n) is 10.9. The Morgan fingerprint density at radius 1 is 1.14 bits per heavy atom. The molecule has 1 N–H and O–H groups in total. The highest BCUT2D eigenvalue weighted by Crippen LogP contribution is 2.24. The minimum absolute atomic E-state index is 0.00102. The Morgan fingerprint density at radius 2 is 1.80 bits per heavy atom. The number of hydrogen-bond acceptors (Lipinski definition) is 6. The fourth-order valence-electron chi connectivity index (χ4n) is 3.26. The Morgan fingerprint density at radius 3 is 2.37 bits per heavy atom. The summed E-state index contributed by atoms with van der Waals surface area (Å²) in [6.45, 7) is 4.65. The molecule has 0 aromatic heterocycles. The van der Waals surface area contributed by atoms with E-state index < -0.39 is 39.3 Å². The molecule has 12 heteroatoms. The van der Waals surface area contributed by atoms with E-state index in [-0.39, 0.29) is 24.0 Å². The molecule has 0 aliphatic carbocycles. The van der Waals surface area contributed by atoms with Gasteiger partial charge in [-0.3, -0.25) is 24.0 Å². The zero-order valence-electron chi connectivity index (χ0n) is 20.0. The third kappa shape index (κ3) is 7.93. The van der Waals surface area contributed by atoms with Crippen LogP contribution in [0.25, 0.3) is 0 Å². The second kappa shape index (κ2) is 12.0. The lowest BCUT2D eigenvalue weighted by Gasteiger charge is -2.32. The van der Waals surface area contributed by atoms with E-state index in [1.165, 1.54) is 23.1 Å². The van der Waals surface area contributed by atoms with E-state index in [0.29, 0.717) is 17.0 Å². The third-order valence-corrected chi connectivity index (χ3v) is 6.79. The lowest BCUT2D eigenvalue weighted by molar-refractivity contribution is -0.384. The predicted molar refractivity (Wildman–Crippen MR) is 135 cm³/mol. The van der Waals surface area contributed by atoms with Crippen LogP contribution in [0.3, 0.4) is 0 Å². The van der Waals surface area contributed by atoms with Crippen LogP contribution in [-0.4, -0.2) is 54.9 Å². The van der Waals surface area contributed by atoms with Gasteiger partial charge in [-0.2, -0.15) is 0 Å². The molecule has 2 aromatic rings. The maximum absolute atomic E-state index is 13.5. The molecule has 35 heavy (non-hydrogen) atoms. The summed E-state index contributed by atoms with van der Waals surface area (Å²) in [4.78, 5) is 38.1. The standard InChI is InChI=1S/C23H29ClN4O6S/c1-5-16(2)25-23(30)17(3)26(14-18-8-6-9-19(24)12-18)22(29)15-27(35(4,33)34)20-10-7-11-21(13-20)28(31)32/h6-13,16-17H,5,14-15H2,1-4H3,(H,25,30). The van der Waals surface area contributed by atoms with Crippen LogP contribution < -0.4 is 9.62 Å². The van der Waals surface area contributed by atoms with Crippen LogP contribution in [0.4, 0.5) is 11.4 Å². The van der Waals surface area contributed by atoms with Gasteiger partial charge in [0.15, 0.2) is 0 Å². The zero-order valence-corrected chi connectivity index (χ0v) is 21.5. The Labute approximate surface area is 210 Å². The minimum Gasteiger partial charge on any atom is -0.352 e. The highest BCUT2D eigenvalue weighted by Gasteiger charge is 2.31. The van der Waals surface area contributed by atoms with Gasteiger partial charge >= 0.3 is 0 Å². The number of carbonyl (C=O) groups excluding carboxylic acids is 2. The van der Waals surface area contributed by atoms with Gasteiger partial charge in [0.1, 0.15) is 12.6 Å². The monoisotopic (exact) mass is 524 g/mol. The normalized spacial score (nSPS) is 12.9. The molecule has 2 rings (SSSR count). The van der Waals surface area contributed by atoms with Crippen LogP contribution in [0, 0.1) is 10.1 Å². The summed E-state index contributed by atoms with van der Waals surface area (Å²) in [5, 5.41) is 14.4. The van der Waals surface area contributed by atoms with Crippen molar-refractivity contribution in [2.24, 2.45) is 0 Å². The number of halogens is 1. The number of nitrogens with one attached hydrogen (secondary N) is 1. The summed E-state index contributed by atoms with van der Waals surface area (Å²) in [6.07, 6.45) is 1.59. The van der Waals surface area contributed by atoms with E-state index in [1.807, 2.05) is 13.8 Å². The zero-order chi connectivity index (χ0) is 26.3. The molecular weight excluding hydrogens is 496 g/mol. The summed E-state index contributed by atoms with van der Waals surface area (Å²) in [7, 11) is -4.00. The molecule has 0 aliphatic rings. The van der Waals surface area contributed by atoms with Crippen molar-refractivity contribution in [1.82, 2.24) is 10.2 Å². The molecule has 2 aromatic carbocycles. The molecule has 2 amide bonds. The molecule has 0 bridgehead atoms. The quantitative estimate of drug-likeness (QED) is 0.354. The van der Waals surface area contributed by atoms with E-state index in [0.717, 1.165) is 16.6 Å². The van der Waals surface area contributed by atoms with Gasteiger partial charge in [0, 0.05) is 29.7 Å². The van der Waals surface area contributed by atoms with Crippen LogP contribution >= 0.6 is 11.6 Å². The van der Waals surface area contributed by atoms with Crippen molar-refractivity contribution in [1.29, 1.82) is 0 Å². The van der Waals surface area contributed by atoms with E-state index in [2.05, 4.69) is 5.32 Å². The molecule has 0 saturated carbocycles. The maximum atomic E-state index is 13.5. The summed E-state index contributed by atoms with van der Waals surface area (Å²) >= 11 is 6.08. The number of non-ortho nitro benzene ring substituents is 1. The van der Waals surface area contributed by atoms with Gasteiger partial charge in [-0.05, 0) is 44.0 Å². The Balaban J connectivity index is 2.43. The van der Waals surface area contributed by atoms with Crippen LogP contribution in [0.2, 0.25) is 5.02 Å². The Kier molecular flexibility index (Phi) is 9.61. The number of amides is 2. The molecule has 10 nitrogen and oxygen atoms in total. The maximum Gasteiger partial charge on any atom is 0.271 e. The van der Waals surface area contributed by atoms with Gasteiger partial charge in [-0.1, -0.05) is 36.7 Å². The molecule has 0 spiro atoms. The first-order chi connectivity index (χ1) is 16.3. The summed E-state index contributed by atoms with van der Waals surface area (Å²) in [5.74, 6) is -1.05. The minimum atomic E-state index is -4.00. The highest BCUT2D eigenvalue weighted by molar-refractivity contribution is 7.92. The SMILES string of the molecule is CCC(C)NC(=O)C(C)N(Cc1cccc(Cl)c1)C(=O)CN(c1cccc([N+](=O)[O-])c1)S(C)(=O)=O. The number of rotatable bonds is 11. The van der Waals surface area contributed by atoms with Crippen LogP contribution in [-0.2, 0) is 26.2 Å². The van der Waals surface area contributed by atoms with E-state index in [9.17, 15) is 28.1 Å². The number of nitro groups is 1. The third-order valence-electron chi connectivity index (χ3n) is 5.42. The van der Waals surface area contributed by atoms with Crippen molar-refractivity contribution < 1.29 is 22.9 Å². The van der Waals surface area contributed by atoms with Crippen molar-refractivity contribution in [2.45, 2.75) is 45.8 Å². The molecule has 2 atom stereocenters. The lowest BCUT2D eigenvalue weighted by atomic mass is 10.1. The van der Waals surface area contributed by atoms with Gasteiger partial charge in [0.25, 0.3) is 5.69 Å². The molecule has 0 radical (unpaired) electrons. The largest absolute Gasteiger partial charge is 0.352 e. The van der Waals surface area contributed by atoms with Crippen molar-refractivity contribution >= 4 is 44.8 Å². The fraction of sp³-hybridized carbons (Fsp3) is 0.391. The van der Waals surface area contributed by atoms with E-state index in [1.54, 1.807) is 31.2 Å². The Hall–Kier alpha value is -3.18. The van der Waals surface area contributed by atoms with Crippen LogP contribution in [0.1, 0.15) is 32.8 Å². The molecule has 0 fully saturated rings. The number of benzene rings is 2. The first-order valence-corrected chi connectivity index (χ1v) is 13.1.